The lowest BCUT2D eigenvalue weighted by atomic mass is 10.0. The molecule has 3 heterocycles. The number of likely N-dealkylation sites (tertiary alicyclic amines) is 1. The van der Waals surface area contributed by atoms with Crippen LogP contribution in [0.1, 0.15) is 24.4 Å². The van der Waals surface area contributed by atoms with E-state index in [2.05, 4.69) is 5.32 Å². The summed E-state index contributed by atoms with van der Waals surface area (Å²) in [6, 6.07) is 13.5. The second kappa shape index (κ2) is 8.61. The Kier molecular flexibility index (Phi) is 5.51. The van der Waals surface area contributed by atoms with Crippen molar-refractivity contribution < 1.29 is 23.8 Å². The van der Waals surface area contributed by atoms with Gasteiger partial charge in [0, 0.05) is 13.6 Å². The van der Waals surface area contributed by atoms with Gasteiger partial charge < -0.3 is 29.3 Å². The third-order valence-corrected chi connectivity index (χ3v) is 6.25. The van der Waals surface area contributed by atoms with E-state index in [-0.39, 0.29) is 24.4 Å². The quantitative estimate of drug-likeness (QED) is 0.790. The summed E-state index contributed by atoms with van der Waals surface area (Å²) in [5.41, 5.74) is 1.89. The van der Waals surface area contributed by atoms with Crippen LogP contribution in [0.5, 0.6) is 17.2 Å². The third kappa shape index (κ3) is 3.81. The van der Waals surface area contributed by atoms with Gasteiger partial charge in [-0.2, -0.15) is 0 Å². The zero-order valence-corrected chi connectivity index (χ0v) is 18.1. The highest BCUT2D eigenvalue weighted by molar-refractivity contribution is 5.86. The van der Waals surface area contributed by atoms with Crippen molar-refractivity contribution in [3.63, 3.8) is 0 Å². The molecule has 1 saturated heterocycles. The number of ether oxygens (including phenoxy) is 3. The van der Waals surface area contributed by atoms with E-state index in [9.17, 15) is 9.59 Å². The van der Waals surface area contributed by atoms with Gasteiger partial charge in [0.2, 0.25) is 5.91 Å². The van der Waals surface area contributed by atoms with E-state index < -0.39 is 6.10 Å². The van der Waals surface area contributed by atoms with Gasteiger partial charge in [-0.15, -0.1) is 0 Å². The molecule has 0 radical (unpaired) electrons. The Morgan fingerprint density at radius 2 is 1.88 bits per heavy atom. The highest BCUT2D eigenvalue weighted by Crippen LogP contribution is 2.39. The molecule has 0 aliphatic carbocycles. The monoisotopic (exact) mass is 437 g/mol. The Hall–Kier alpha value is -3.42. The normalized spacial score (nSPS) is 21.5. The van der Waals surface area contributed by atoms with E-state index in [0.29, 0.717) is 32.1 Å². The highest BCUT2D eigenvalue weighted by Gasteiger charge is 2.35. The number of rotatable bonds is 4. The molecule has 32 heavy (non-hydrogen) atoms. The number of fused-ring (bicyclic) bond motifs is 2. The van der Waals surface area contributed by atoms with Crippen molar-refractivity contribution in [3.8, 4) is 17.2 Å². The third-order valence-electron chi connectivity index (χ3n) is 6.25. The molecule has 0 saturated carbocycles. The van der Waals surface area contributed by atoms with Crippen molar-refractivity contribution in [3.05, 3.63) is 48.0 Å². The summed E-state index contributed by atoms with van der Waals surface area (Å²) in [5, 5.41) is 2.64. The first-order valence-corrected chi connectivity index (χ1v) is 11.1. The van der Waals surface area contributed by atoms with Gasteiger partial charge in [-0.1, -0.05) is 18.2 Å². The minimum atomic E-state index is -0.658. The van der Waals surface area contributed by atoms with Crippen LogP contribution in [-0.4, -0.2) is 62.7 Å². The Morgan fingerprint density at radius 3 is 2.72 bits per heavy atom. The average Bonchev–Trinajstić information content (AvgIpc) is 3.33. The number of benzene rings is 2. The van der Waals surface area contributed by atoms with Crippen molar-refractivity contribution >= 4 is 17.5 Å². The molecular weight excluding hydrogens is 410 g/mol. The zero-order valence-electron chi connectivity index (χ0n) is 18.1. The largest absolute Gasteiger partial charge is 0.486 e. The summed E-state index contributed by atoms with van der Waals surface area (Å²) in [5.74, 6) is 1.94. The fourth-order valence-electron chi connectivity index (χ4n) is 4.69. The van der Waals surface area contributed by atoms with Gasteiger partial charge in [0.05, 0.1) is 24.8 Å². The van der Waals surface area contributed by atoms with Crippen LogP contribution in [0.4, 0.5) is 5.69 Å². The van der Waals surface area contributed by atoms with E-state index in [1.165, 1.54) is 0 Å². The van der Waals surface area contributed by atoms with Crippen LogP contribution >= 0.6 is 0 Å². The number of nitrogens with one attached hydrogen (secondary N) is 1. The minimum Gasteiger partial charge on any atom is -0.486 e. The number of hydrogen-bond donors (Lipinski definition) is 1. The Balaban J connectivity index is 1.35. The predicted octanol–water partition coefficient (Wildman–Crippen LogP) is 2.13. The Morgan fingerprint density at radius 1 is 1.06 bits per heavy atom. The molecule has 2 atom stereocenters. The average molecular weight is 437 g/mol. The van der Waals surface area contributed by atoms with E-state index in [0.717, 1.165) is 35.6 Å². The first-order valence-electron chi connectivity index (χ1n) is 11.1. The summed E-state index contributed by atoms with van der Waals surface area (Å²) < 4.78 is 17.2. The number of carbonyl (C=O) groups excluding carboxylic acids is 2. The van der Waals surface area contributed by atoms with Crippen molar-refractivity contribution in [2.75, 3.05) is 44.8 Å². The number of nitrogens with zero attached hydrogens (tertiary/aromatic N) is 2. The van der Waals surface area contributed by atoms with Crippen LogP contribution in [-0.2, 0) is 9.59 Å². The summed E-state index contributed by atoms with van der Waals surface area (Å²) >= 11 is 0. The van der Waals surface area contributed by atoms with Gasteiger partial charge in [0.1, 0.15) is 19.0 Å². The van der Waals surface area contributed by atoms with Crippen LogP contribution in [0.15, 0.2) is 42.5 Å². The van der Waals surface area contributed by atoms with Crippen LogP contribution in [0, 0.1) is 0 Å². The lowest BCUT2D eigenvalue weighted by molar-refractivity contribution is -0.131. The summed E-state index contributed by atoms with van der Waals surface area (Å²) in [6.45, 7) is 2.31. The first-order chi connectivity index (χ1) is 15.6. The number of likely N-dealkylation sites (N-methyl/N-ethyl adjacent to an activating group) is 1. The molecule has 3 aliphatic heterocycles. The molecule has 8 heteroatoms. The fourth-order valence-corrected chi connectivity index (χ4v) is 4.69. The Bertz CT molecular complexity index is 1030. The molecule has 0 unspecified atom stereocenters. The second-order valence-corrected chi connectivity index (χ2v) is 8.22. The number of hydrogen-bond acceptors (Lipinski definition) is 6. The molecular formula is C24H27N3O5. The summed E-state index contributed by atoms with van der Waals surface area (Å²) in [6.07, 6.45) is 1.20. The molecule has 0 spiro atoms. The maximum Gasteiger partial charge on any atom is 0.262 e. The lowest BCUT2D eigenvalue weighted by Gasteiger charge is -2.36. The van der Waals surface area contributed by atoms with Gasteiger partial charge in [-0.3, -0.25) is 9.59 Å². The van der Waals surface area contributed by atoms with Gasteiger partial charge in [0.25, 0.3) is 5.91 Å². The summed E-state index contributed by atoms with van der Waals surface area (Å²) in [7, 11) is 1.59. The lowest BCUT2D eigenvalue weighted by Crippen LogP contribution is -2.51. The molecule has 5 rings (SSSR count). The maximum atomic E-state index is 13.4. The summed E-state index contributed by atoms with van der Waals surface area (Å²) in [4.78, 5) is 29.6. The molecule has 2 aromatic rings. The topological polar surface area (TPSA) is 80.3 Å². The fraction of sp³-hybridized carbons (Fsp3) is 0.417. The van der Waals surface area contributed by atoms with Crippen LogP contribution < -0.4 is 24.4 Å². The van der Waals surface area contributed by atoms with Crippen molar-refractivity contribution in [1.29, 1.82) is 0 Å². The Labute approximate surface area is 187 Å². The molecule has 0 aromatic heterocycles. The standard InChI is InChI=1S/C24H27N3O5/c1-25-24(29)22-14-26(18-5-2-3-7-19(18)32-22)15-23(28)27-10-4-6-17(27)16-8-9-20-21(13-16)31-12-11-30-20/h2-3,5,7-9,13,17,22H,4,6,10-12,14-15H2,1H3,(H,25,29)/t17-,22-/m0/s1. The number of para-hydroxylation sites is 2. The van der Waals surface area contributed by atoms with E-state index in [4.69, 9.17) is 14.2 Å². The van der Waals surface area contributed by atoms with Crippen LogP contribution in [0.3, 0.4) is 0 Å². The van der Waals surface area contributed by atoms with Gasteiger partial charge in [0.15, 0.2) is 17.6 Å². The number of anilines is 1. The predicted molar refractivity (Wildman–Crippen MR) is 118 cm³/mol. The highest BCUT2D eigenvalue weighted by atomic mass is 16.6. The van der Waals surface area contributed by atoms with E-state index in [1.54, 1.807) is 7.05 Å². The van der Waals surface area contributed by atoms with Crippen LogP contribution in [0.25, 0.3) is 0 Å². The second-order valence-electron chi connectivity index (χ2n) is 8.22. The van der Waals surface area contributed by atoms with E-state index >= 15 is 0 Å². The van der Waals surface area contributed by atoms with Crippen LogP contribution in [0.2, 0.25) is 0 Å². The molecule has 1 fully saturated rings. The van der Waals surface area contributed by atoms with E-state index in [1.807, 2.05) is 52.3 Å². The van der Waals surface area contributed by atoms with Crippen molar-refractivity contribution in [1.82, 2.24) is 10.2 Å². The SMILES string of the molecule is CNC(=O)[C@@H]1CN(CC(=O)N2CCC[C@H]2c2ccc3c(c2)OCCO3)c2ccccc2O1. The molecule has 2 aromatic carbocycles. The molecule has 2 amide bonds. The molecule has 8 nitrogen and oxygen atoms in total. The zero-order chi connectivity index (χ0) is 22.1. The number of amides is 2. The minimum absolute atomic E-state index is 0.00403. The molecule has 1 N–H and O–H groups in total. The smallest absolute Gasteiger partial charge is 0.262 e. The molecule has 168 valence electrons. The maximum absolute atomic E-state index is 13.4. The first kappa shape index (κ1) is 20.5. The molecule has 0 bridgehead atoms. The van der Waals surface area contributed by atoms with Gasteiger partial charge >= 0.3 is 0 Å². The molecule has 3 aliphatic rings. The number of carbonyl (C=O) groups is 2. The van der Waals surface area contributed by atoms with Crippen molar-refractivity contribution in [2.45, 2.75) is 25.0 Å². The van der Waals surface area contributed by atoms with Gasteiger partial charge in [-0.25, -0.2) is 0 Å². The van der Waals surface area contributed by atoms with Crippen molar-refractivity contribution in [2.24, 2.45) is 0 Å². The van der Waals surface area contributed by atoms with Gasteiger partial charge in [-0.05, 0) is 42.7 Å².